The number of benzene rings is 2. The van der Waals surface area contributed by atoms with Crippen molar-refractivity contribution >= 4 is 37.6 Å². The topological polar surface area (TPSA) is 130 Å². The van der Waals surface area contributed by atoms with Crippen LogP contribution in [0.1, 0.15) is 28.8 Å². The smallest absolute Gasteiger partial charge is 0.338 e. The zero-order chi connectivity index (χ0) is 25.1. The van der Waals surface area contributed by atoms with E-state index in [0.29, 0.717) is 18.7 Å². The number of sulfonamides is 2. The number of hydrogen-bond acceptors (Lipinski definition) is 7. The normalized spacial score (nSPS) is 14.8. The molecule has 0 atom stereocenters. The Morgan fingerprint density at radius 1 is 0.971 bits per heavy atom. The van der Waals surface area contributed by atoms with E-state index < -0.39 is 38.5 Å². The van der Waals surface area contributed by atoms with Gasteiger partial charge < -0.3 is 10.1 Å². The molecule has 0 spiro atoms. The van der Waals surface area contributed by atoms with E-state index in [-0.39, 0.29) is 21.0 Å². The molecule has 0 aromatic heterocycles. The van der Waals surface area contributed by atoms with Crippen LogP contribution in [0.25, 0.3) is 0 Å². The van der Waals surface area contributed by atoms with Crippen LogP contribution >= 0.6 is 0 Å². The van der Waals surface area contributed by atoms with Crippen molar-refractivity contribution in [1.82, 2.24) is 8.61 Å². The molecule has 1 fully saturated rings. The number of carbonyl (C=O) groups is 2. The Hall–Kier alpha value is -2.80. The molecule has 0 saturated carbocycles. The van der Waals surface area contributed by atoms with Gasteiger partial charge in [-0.2, -0.15) is 4.31 Å². The molecule has 3 rings (SSSR count). The van der Waals surface area contributed by atoms with Gasteiger partial charge in [0.25, 0.3) is 5.91 Å². The van der Waals surface area contributed by atoms with E-state index >= 15 is 0 Å². The van der Waals surface area contributed by atoms with Gasteiger partial charge in [-0.25, -0.2) is 25.9 Å². The Morgan fingerprint density at radius 3 is 2.15 bits per heavy atom. The van der Waals surface area contributed by atoms with Crippen molar-refractivity contribution in [3.8, 4) is 0 Å². The zero-order valence-electron chi connectivity index (χ0n) is 19.1. The van der Waals surface area contributed by atoms with Gasteiger partial charge in [-0.3, -0.25) is 4.79 Å². The molecule has 2 aromatic rings. The van der Waals surface area contributed by atoms with Crippen molar-refractivity contribution < 1.29 is 31.2 Å². The van der Waals surface area contributed by atoms with Gasteiger partial charge in [0.05, 0.1) is 15.4 Å². The average molecular weight is 510 g/mol. The molecule has 1 aliphatic rings. The van der Waals surface area contributed by atoms with Gasteiger partial charge in [-0.15, -0.1) is 0 Å². The maximum atomic E-state index is 12.6. The minimum Gasteiger partial charge on any atom is -0.452 e. The van der Waals surface area contributed by atoms with E-state index in [1.807, 2.05) is 0 Å². The van der Waals surface area contributed by atoms with Gasteiger partial charge in [0.1, 0.15) is 0 Å². The lowest BCUT2D eigenvalue weighted by Gasteiger charge is -2.15. The summed E-state index contributed by atoms with van der Waals surface area (Å²) in [5.74, 6) is -1.44. The Balaban J connectivity index is 1.62. The highest BCUT2D eigenvalue weighted by Gasteiger charge is 2.27. The Bertz CT molecular complexity index is 1280. The van der Waals surface area contributed by atoms with Crippen LogP contribution in [0.3, 0.4) is 0 Å². The lowest BCUT2D eigenvalue weighted by Crippen LogP contribution is -2.27. The van der Waals surface area contributed by atoms with Gasteiger partial charge in [0, 0.05) is 32.9 Å². The largest absolute Gasteiger partial charge is 0.452 e. The maximum absolute atomic E-state index is 12.6. The lowest BCUT2D eigenvalue weighted by molar-refractivity contribution is -0.119. The second-order valence-electron chi connectivity index (χ2n) is 8.02. The minimum atomic E-state index is -3.68. The third kappa shape index (κ3) is 5.63. The molecule has 10 nitrogen and oxygen atoms in total. The highest BCUT2D eigenvalue weighted by molar-refractivity contribution is 7.89. The molecule has 0 aliphatic carbocycles. The van der Waals surface area contributed by atoms with E-state index in [0.717, 1.165) is 17.1 Å². The predicted octanol–water partition coefficient (Wildman–Crippen LogP) is 1.83. The maximum Gasteiger partial charge on any atom is 0.338 e. The molecule has 0 unspecified atom stereocenters. The summed E-state index contributed by atoms with van der Waals surface area (Å²) in [6.07, 6.45) is 1.64. The van der Waals surface area contributed by atoms with E-state index in [1.54, 1.807) is 13.0 Å². The average Bonchev–Trinajstić information content (AvgIpc) is 3.35. The number of hydrogen-bond donors (Lipinski definition) is 1. The van der Waals surface area contributed by atoms with Gasteiger partial charge in [-0.1, -0.05) is 6.07 Å². The first-order valence-electron chi connectivity index (χ1n) is 10.5. The molecule has 184 valence electrons. The summed E-state index contributed by atoms with van der Waals surface area (Å²) in [5.41, 5.74) is 1.01. The quantitative estimate of drug-likeness (QED) is 0.537. The fourth-order valence-electron chi connectivity index (χ4n) is 3.35. The number of nitrogens with zero attached hydrogens (tertiary/aromatic N) is 2. The third-order valence-corrected chi connectivity index (χ3v) is 9.11. The molecule has 1 amide bonds. The Kier molecular flexibility index (Phi) is 7.76. The highest BCUT2D eigenvalue weighted by atomic mass is 32.2. The van der Waals surface area contributed by atoms with E-state index in [4.69, 9.17) is 4.74 Å². The highest BCUT2D eigenvalue weighted by Crippen LogP contribution is 2.23. The Morgan fingerprint density at radius 2 is 1.56 bits per heavy atom. The number of rotatable bonds is 8. The molecule has 0 radical (unpaired) electrons. The van der Waals surface area contributed by atoms with Gasteiger partial charge >= 0.3 is 5.97 Å². The summed E-state index contributed by atoms with van der Waals surface area (Å²) >= 11 is 0. The van der Waals surface area contributed by atoms with Crippen LogP contribution in [0.15, 0.2) is 52.3 Å². The fourth-order valence-corrected chi connectivity index (χ4v) is 5.79. The molecule has 12 heteroatoms. The van der Waals surface area contributed by atoms with Crippen molar-refractivity contribution in [3.63, 3.8) is 0 Å². The van der Waals surface area contributed by atoms with Gasteiger partial charge in [0.2, 0.25) is 20.0 Å². The Labute approximate surface area is 199 Å². The van der Waals surface area contributed by atoms with Gasteiger partial charge in [-0.05, 0) is 61.7 Å². The molecule has 0 bridgehead atoms. The van der Waals surface area contributed by atoms with Crippen LogP contribution < -0.4 is 5.32 Å². The van der Waals surface area contributed by atoms with Gasteiger partial charge in [0.15, 0.2) is 6.61 Å². The van der Waals surface area contributed by atoms with Crippen LogP contribution in [0.5, 0.6) is 0 Å². The van der Waals surface area contributed by atoms with Crippen molar-refractivity contribution in [2.75, 3.05) is 39.1 Å². The number of anilines is 1. The summed E-state index contributed by atoms with van der Waals surface area (Å²) < 4.78 is 57.3. The lowest BCUT2D eigenvalue weighted by atomic mass is 10.2. The summed E-state index contributed by atoms with van der Waals surface area (Å²) in [7, 11) is -4.47. The fraction of sp³-hybridized carbons (Fsp3) is 0.364. The van der Waals surface area contributed by atoms with E-state index in [1.165, 1.54) is 54.8 Å². The standard InChI is InChI=1S/C22H27N3O7S2/c1-16-6-9-19(33(28,29)24(2)3)14-20(16)23-21(26)15-32-22(27)17-7-10-18(11-8-17)34(30,31)25-12-4-5-13-25/h6-11,14H,4-5,12-13,15H2,1-3H3,(H,23,26). The molecule has 1 aliphatic heterocycles. The van der Waals surface area contributed by atoms with Crippen LogP contribution in [-0.2, 0) is 29.6 Å². The molecule has 1 N–H and O–H groups in total. The van der Waals surface area contributed by atoms with Crippen molar-refractivity contribution in [2.45, 2.75) is 29.6 Å². The molecule has 2 aromatic carbocycles. The molecule has 1 saturated heterocycles. The summed E-state index contributed by atoms with van der Waals surface area (Å²) in [6, 6.07) is 9.69. The molecule has 34 heavy (non-hydrogen) atoms. The van der Waals surface area contributed by atoms with Crippen molar-refractivity contribution in [3.05, 3.63) is 53.6 Å². The number of carbonyl (C=O) groups excluding carboxylic acids is 2. The van der Waals surface area contributed by atoms with Crippen LogP contribution in [0.4, 0.5) is 5.69 Å². The SMILES string of the molecule is Cc1ccc(S(=O)(=O)N(C)C)cc1NC(=O)COC(=O)c1ccc(S(=O)(=O)N2CCCC2)cc1. The second kappa shape index (κ2) is 10.2. The second-order valence-corrected chi connectivity index (χ2v) is 12.1. The third-order valence-electron chi connectivity index (χ3n) is 5.39. The number of aryl methyl sites for hydroxylation is 1. The van der Waals surface area contributed by atoms with Crippen molar-refractivity contribution in [2.24, 2.45) is 0 Å². The first kappa shape index (κ1) is 25.8. The summed E-state index contributed by atoms with van der Waals surface area (Å²) in [4.78, 5) is 24.7. The van der Waals surface area contributed by atoms with E-state index in [2.05, 4.69) is 5.32 Å². The minimum absolute atomic E-state index is 0.0133. The predicted molar refractivity (Wildman–Crippen MR) is 125 cm³/mol. The first-order chi connectivity index (χ1) is 15.9. The van der Waals surface area contributed by atoms with Crippen LogP contribution in [0.2, 0.25) is 0 Å². The van der Waals surface area contributed by atoms with E-state index in [9.17, 15) is 26.4 Å². The number of esters is 1. The number of amides is 1. The summed E-state index contributed by atoms with van der Waals surface area (Å²) in [6.45, 7) is 2.05. The molecule has 1 heterocycles. The zero-order valence-corrected chi connectivity index (χ0v) is 20.8. The van der Waals surface area contributed by atoms with Crippen LogP contribution in [-0.4, -0.2) is 71.1 Å². The van der Waals surface area contributed by atoms with Crippen molar-refractivity contribution in [1.29, 1.82) is 0 Å². The number of nitrogens with one attached hydrogen (secondary N) is 1. The molecular formula is C22H27N3O7S2. The van der Waals surface area contributed by atoms with Crippen LogP contribution in [0, 0.1) is 6.92 Å². The monoisotopic (exact) mass is 509 g/mol. The molecular weight excluding hydrogens is 482 g/mol. The first-order valence-corrected chi connectivity index (χ1v) is 13.4. The summed E-state index contributed by atoms with van der Waals surface area (Å²) in [5, 5.41) is 2.54. The number of ether oxygens (including phenoxy) is 1.